The number of piperazine rings is 2. The van der Waals surface area contributed by atoms with Crippen LogP contribution < -0.4 is 24.5 Å². The first-order valence-corrected chi connectivity index (χ1v) is 18.6. The van der Waals surface area contributed by atoms with Crippen LogP contribution in [-0.4, -0.2) is 101 Å². The number of aryl methyl sites for hydroxylation is 1. The summed E-state index contributed by atoms with van der Waals surface area (Å²) in [4.78, 5) is 53.7. The number of methoxy groups -OCH3 is 1. The Bertz CT molecular complexity index is 2160. The maximum atomic E-state index is 14.0. The van der Waals surface area contributed by atoms with Crippen molar-refractivity contribution in [1.82, 2.24) is 29.9 Å². The third-order valence-corrected chi connectivity index (χ3v) is 10.9. The molecule has 0 saturated carbocycles. The predicted molar refractivity (Wildman–Crippen MR) is 210 cm³/mol. The number of fused-ring (bicyclic) bond motifs is 3. The number of anilines is 5. The van der Waals surface area contributed by atoms with E-state index in [1.54, 1.807) is 0 Å². The molecule has 0 amide bonds. The zero-order valence-electron chi connectivity index (χ0n) is 30.5. The molecular weight excluding hydrogens is 679 g/mol. The number of nitrogens with zero attached hydrogens (tertiary/aromatic N) is 10. The average Bonchev–Trinajstić information content (AvgIpc) is 3.62. The molecule has 0 spiro atoms. The maximum Gasteiger partial charge on any atom is 0.328 e. The highest BCUT2D eigenvalue weighted by Crippen LogP contribution is 2.43. The highest BCUT2D eigenvalue weighted by atomic mass is 16.5. The van der Waals surface area contributed by atoms with E-state index in [-0.39, 0.29) is 5.97 Å². The van der Waals surface area contributed by atoms with Crippen molar-refractivity contribution < 1.29 is 9.53 Å². The van der Waals surface area contributed by atoms with E-state index in [2.05, 4.69) is 82.8 Å². The number of hydrogen-bond donors (Lipinski definition) is 1. The molecule has 7 heterocycles. The number of benzene rings is 2. The Labute approximate surface area is 314 Å². The Morgan fingerprint density at radius 2 is 1.20 bits per heavy atom. The zero-order chi connectivity index (χ0) is 36.6. The van der Waals surface area contributed by atoms with Gasteiger partial charge in [0.15, 0.2) is 0 Å². The number of aromatic nitrogens is 6. The van der Waals surface area contributed by atoms with Crippen molar-refractivity contribution >= 4 is 46.4 Å². The minimum Gasteiger partial charge on any atom is -0.467 e. The summed E-state index contributed by atoms with van der Waals surface area (Å²) >= 11 is 0. The molecule has 1 N–H and O–H groups in total. The highest BCUT2D eigenvalue weighted by molar-refractivity contribution is 5.89. The number of pyridine rings is 2. The Hall–Kier alpha value is -6.24. The molecule has 274 valence electrons. The molecule has 2 aromatic carbocycles. The van der Waals surface area contributed by atoms with Crippen LogP contribution in [0.2, 0.25) is 0 Å². The first-order chi connectivity index (χ1) is 26.5. The largest absolute Gasteiger partial charge is 0.467 e. The van der Waals surface area contributed by atoms with E-state index in [1.165, 1.54) is 7.11 Å². The van der Waals surface area contributed by atoms with Gasteiger partial charge in [0, 0.05) is 87.8 Å². The van der Waals surface area contributed by atoms with Gasteiger partial charge in [0.1, 0.15) is 17.7 Å². The van der Waals surface area contributed by atoms with Crippen LogP contribution in [-0.2, 0) is 16.0 Å². The molecule has 0 radical (unpaired) electrons. The number of rotatable bonds is 7. The van der Waals surface area contributed by atoms with Gasteiger partial charge >= 0.3 is 5.97 Å². The van der Waals surface area contributed by atoms with E-state index in [9.17, 15) is 4.79 Å². The van der Waals surface area contributed by atoms with Gasteiger partial charge in [-0.3, -0.25) is 0 Å². The summed E-state index contributed by atoms with van der Waals surface area (Å²) in [7, 11) is 1.46. The van der Waals surface area contributed by atoms with Gasteiger partial charge in [-0.05, 0) is 48.4 Å². The fourth-order valence-electron chi connectivity index (χ4n) is 8.04. The van der Waals surface area contributed by atoms with E-state index in [0.29, 0.717) is 50.4 Å². The second-order valence-corrected chi connectivity index (χ2v) is 14.1. The molecule has 13 nitrogen and oxygen atoms in total. The summed E-state index contributed by atoms with van der Waals surface area (Å²) in [6.07, 6.45) is 4.11. The Kier molecular flexibility index (Phi) is 8.89. The number of carbonyl (C=O) groups excluding carboxylic acids is 1. The van der Waals surface area contributed by atoms with E-state index in [1.807, 2.05) is 60.9 Å². The number of ether oxygens (including phenoxy) is 1. The lowest BCUT2D eigenvalue weighted by atomic mass is 9.88. The monoisotopic (exact) mass is 721 g/mol. The topological polar surface area (TPSA) is 123 Å². The molecule has 6 aromatic rings. The van der Waals surface area contributed by atoms with Crippen LogP contribution in [0, 0.1) is 6.92 Å². The van der Waals surface area contributed by atoms with Crippen LogP contribution in [0.3, 0.4) is 0 Å². The fourth-order valence-corrected chi connectivity index (χ4v) is 8.04. The lowest BCUT2D eigenvalue weighted by molar-refractivity contribution is -0.142. The molecule has 54 heavy (non-hydrogen) atoms. The van der Waals surface area contributed by atoms with Gasteiger partial charge < -0.3 is 34.2 Å². The Morgan fingerprint density at radius 3 is 1.76 bits per heavy atom. The number of hydrogen-bond acceptors (Lipinski definition) is 12. The summed E-state index contributed by atoms with van der Waals surface area (Å²) < 4.78 is 5.54. The standard InChI is InChI=1S/C41H43N11O2/c1-28-13-15-29(16-14-28)37-36-31(30-9-3-4-10-32(30)44-36)27-33(38(53)54-2)52(37)41-46-39(50-23-19-48(20-24-50)34-11-5-7-17-42-34)45-40(47-41)51-25-21-49(22-26-51)35-12-6-8-18-43-35/h3-18,33,37,44H,19-27H2,1-2H3/t33-,37+/m0/s1. The first kappa shape index (κ1) is 33.6. The quantitative estimate of drug-likeness (QED) is 0.228. The van der Waals surface area contributed by atoms with Gasteiger partial charge in [-0.2, -0.15) is 15.0 Å². The van der Waals surface area contributed by atoms with Crippen molar-refractivity contribution in [2.75, 3.05) is 84.0 Å². The summed E-state index contributed by atoms with van der Waals surface area (Å²) in [6.45, 7) is 8.01. The molecule has 3 aliphatic rings. The van der Waals surface area contributed by atoms with Crippen LogP contribution >= 0.6 is 0 Å². The molecule has 0 bridgehead atoms. The third kappa shape index (κ3) is 6.29. The third-order valence-electron chi connectivity index (χ3n) is 10.9. The molecule has 3 aliphatic heterocycles. The van der Waals surface area contributed by atoms with Crippen molar-refractivity contribution in [3.8, 4) is 0 Å². The summed E-state index contributed by atoms with van der Waals surface area (Å²) in [5, 5.41) is 1.10. The lowest BCUT2D eigenvalue weighted by Gasteiger charge is -2.42. The predicted octanol–water partition coefficient (Wildman–Crippen LogP) is 4.80. The fraction of sp³-hybridized carbons (Fsp3) is 0.317. The molecule has 4 aromatic heterocycles. The van der Waals surface area contributed by atoms with Gasteiger partial charge in [0.05, 0.1) is 13.2 Å². The van der Waals surface area contributed by atoms with E-state index >= 15 is 0 Å². The zero-order valence-corrected chi connectivity index (χ0v) is 30.5. The van der Waals surface area contributed by atoms with Gasteiger partial charge in [-0.1, -0.05) is 60.2 Å². The molecule has 13 heteroatoms. The van der Waals surface area contributed by atoms with Gasteiger partial charge in [0.2, 0.25) is 17.8 Å². The first-order valence-electron chi connectivity index (χ1n) is 18.6. The average molecular weight is 722 g/mol. The van der Waals surface area contributed by atoms with Crippen LogP contribution in [0.5, 0.6) is 0 Å². The number of esters is 1. The van der Waals surface area contributed by atoms with Crippen LogP contribution in [0.15, 0.2) is 97.3 Å². The van der Waals surface area contributed by atoms with Crippen molar-refractivity contribution in [3.63, 3.8) is 0 Å². The maximum absolute atomic E-state index is 14.0. The second-order valence-electron chi connectivity index (χ2n) is 14.1. The number of carbonyl (C=O) groups is 1. The van der Waals surface area contributed by atoms with Gasteiger partial charge in [-0.15, -0.1) is 0 Å². The van der Waals surface area contributed by atoms with Crippen molar-refractivity contribution in [2.24, 2.45) is 0 Å². The van der Waals surface area contributed by atoms with Gasteiger partial charge in [0.25, 0.3) is 0 Å². The summed E-state index contributed by atoms with van der Waals surface area (Å²) in [6, 6.07) is 27.7. The van der Waals surface area contributed by atoms with Crippen LogP contribution in [0.4, 0.5) is 29.5 Å². The normalized spacial score (nSPS) is 18.9. The van der Waals surface area contributed by atoms with Crippen molar-refractivity contribution in [1.29, 1.82) is 0 Å². The van der Waals surface area contributed by atoms with Crippen LogP contribution in [0.1, 0.15) is 28.4 Å². The molecule has 2 atom stereocenters. The lowest BCUT2D eigenvalue weighted by Crippen LogP contribution is -2.51. The minimum atomic E-state index is -0.682. The Morgan fingerprint density at radius 1 is 0.667 bits per heavy atom. The van der Waals surface area contributed by atoms with E-state index < -0.39 is 12.1 Å². The second kappa shape index (κ2) is 14.3. The number of H-pyrrole nitrogens is 1. The van der Waals surface area contributed by atoms with E-state index in [4.69, 9.17) is 19.7 Å². The molecular formula is C41H43N11O2. The summed E-state index contributed by atoms with van der Waals surface area (Å²) in [5.41, 5.74) is 5.34. The number of aromatic amines is 1. The summed E-state index contributed by atoms with van der Waals surface area (Å²) in [5.74, 6) is 3.22. The number of nitrogens with one attached hydrogen (secondary N) is 1. The molecule has 0 unspecified atom stereocenters. The van der Waals surface area contributed by atoms with Crippen molar-refractivity contribution in [3.05, 3.63) is 120 Å². The van der Waals surface area contributed by atoms with Crippen LogP contribution in [0.25, 0.3) is 10.9 Å². The van der Waals surface area contributed by atoms with Crippen molar-refractivity contribution in [2.45, 2.75) is 25.4 Å². The smallest absolute Gasteiger partial charge is 0.328 e. The Balaban J connectivity index is 1.14. The van der Waals surface area contributed by atoms with Gasteiger partial charge in [-0.25, -0.2) is 14.8 Å². The highest BCUT2D eigenvalue weighted by Gasteiger charge is 2.44. The minimum absolute atomic E-state index is 0.334. The number of para-hydroxylation sites is 1. The SMILES string of the molecule is COC(=O)[C@@H]1Cc2c([nH]c3ccccc23)[C@@H](c2ccc(C)cc2)N1c1nc(N2CCN(c3ccccn3)CC2)nc(N2CCN(c3ccccn3)CC2)n1. The molecule has 2 saturated heterocycles. The molecule has 9 rings (SSSR count). The molecule has 0 aliphatic carbocycles. The van der Waals surface area contributed by atoms with E-state index in [0.717, 1.165) is 71.1 Å². The molecule has 2 fully saturated rings.